The Labute approximate surface area is 157 Å². The number of carbonyl (C=O) groups excluding carboxylic acids is 1. The van der Waals surface area contributed by atoms with Crippen LogP contribution >= 0.6 is 0 Å². The molecule has 2 rings (SSSR count). The molecule has 0 N–H and O–H groups in total. The minimum Gasteiger partial charge on any atom is -0.359 e. The van der Waals surface area contributed by atoms with Crippen molar-refractivity contribution in [3.63, 3.8) is 0 Å². The molecular weight excluding hydrogens is 388 g/mol. The summed E-state index contributed by atoms with van der Waals surface area (Å²) in [6, 6.07) is 13.8. The van der Waals surface area contributed by atoms with Gasteiger partial charge in [-0.15, -0.1) is 5.06 Å². The van der Waals surface area contributed by atoms with Gasteiger partial charge < -0.3 is 4.84 Å². The largest absolute Gasteiger partial charge is 0.492 e. The first-order chi connectivity index (χ1) is 13.0. The van der Waals surface area contributed by atoms with Crippen LogP contribution < -0.4 is 0 Å². The van der Waals surface area contributed by atoms with Gasteiger partial charge in [0.1, 0.15) is 6.04 Å². The molecule has 0 saturated carbocycles. The zero-order chi connectivity index (χ0) is 20.9. The lowest BCUT2D eigenvalue weighted by molar-refractivity contribution is -0.248. The van der Waals surface area contributed by atoms with Gasteiger partial charge in [0.25, 0.3) is 0 Å². The molecule has 3 nitrogen and oxygen atoms in total. The molecule has 0 aliphatic rings. The van der Waals surface area contributed by atoms with Gasteiger partial charge in [0.05, 0.1) is 12.5 Å². The van der Waals surface area contributed by atoms with Gasteiger partial charge in [0.2, 0.25) is 0 Å². The van der Waals surface area contributed by atoms with Crippen molar-refractivity contribution in [2.24, 2.45) is 0 Å². The van der Waals surface area contributed by atoms with Crippen molar-refractivity contribution in [2.75, 3.05) is 0 Å². The second-order valence-corrected chi connectivity index (χ2v) is 5.95. The summed E-state index contributed by atoms with van der Waals surface area (Å²) >= 11 is 0. The van der Waals surface area contributed by atoms with E-state index in [1.165, 1.54) is 24.3 Å². The van der Waals surface area contributed by atoms with Crippen LogP contribution in [0.5, 0.6) is 0 Å². The monoisotopic (exact) mass is 404 g/mol. The SMILES string of the molecule is CC(CC(F)(F)F)N(OC(=O)C(F)(F)F)[C](c1ccccc1)c1ccccc1. The first kappa shape index (κ1) is 21.7. The lowest BCUT2D eigenvalue weighted by Gasteiger charge is -2.34. The minimum atomic E-state index is -5.37. The van der Waals surface area contributed by atoms with Crippen molar-refractivity contribution in [1.29, 1.82) is 0 Å². The van der Waals surface area contributed by atoms with Crippen molar-refractivity contribution in [2.45, 2.75) is 31.7 Å². The quantitative estimate of drug-likeness (QED) is 0.485. The molecule has 9 heteroatoms. The number of benzene rings is 2. The highest BCUT2D eigenvalue weighted by molar-refractivity contribution is 5.75. The molecule has 0 amide bonds. The van der Waals surface area contributed by atoms with E-state index in [1.807, 2.05) is 0 Å². The molecule has 0 heterocycles. The van der Waals surface area contributed by atoms with E-state index in [-0.39, 0.29) is 17.2 Å². The molecule has 2 aromatic carbocycles. The van der Waals surface area contributed by atoms with Crippen molar-refractivity contribution in [3.05, 3.63) is 77.8 Å². The normalized spacial score (nSPS) is 13.6. The number of nitrogens with zero attached hydrogens (tertiary/aromatic N) is 1. The number of rotatable bonds is 6. The summed E-state index contributed by atoms with van der Waals surface area (Å²) in [4.78, 5) is 15.9. The molecule has 28 heavy (non-hydrogen) atoms. The van der Waals surface area contributed by atoms with Crippen LogP contribution in [0.15, 0.2) is 60.7 Å². The molecular formula is C19H16F6NO2. The van der Waals surface area contributed by atoms with E-state index in [4.69, 9.17) is 0 Å². The first-order valence-electron chi connectivity index (χ1n) is 8.12. The predicted molar refractivity (Wildman–Crippen MR) is 88.5 cm³/mol. The zero-order valence-corrected chi connectivity index (χ0v) is 14.6. The fraction of sp³-hybridized carbons (Fsp3) is 0.263. The molecule has 0 aliphatic carbocycles. The Kier molecular flexibility index (Phi) is 6.71. The van der Waals surface area contributed by atoms with Crippen molar-refractivity contribution in [1.82, 2.24) is 5.06 Å². The molecule has 0 saturated heterocycles. The Morgan fingerprint density at radius 1 is 0.893 bits per heavy atom. The fourth-order valence-electron chi connectivity index (χ4n) is 2.53. The van der Waals surface area contributed by atoms with Gasteiger partial charge in [0, 0.05) is 0 Å². The average molecular weight is 404 g/mol. The summed E-state index contributed by atoms with van der Waals surface area (Å²) in [7, 11) is 0. The second kappa shape index (κ2) is 8.64. The fourth-order valence-corrected chi connectivity index (χ4v) is 2.53. The smallest absolute Gasteiger partial charge is 0.359 e. The van der Waals surface area contributed by atoms with Gasteiger partial charge in [0.15, 0.2) is 0 Å². The summed E-state index contributed by atoms with van der Waals surface area (Å²) in [5.74, 6) is -2.61. The lowest BCUT2D eigenvalue weighted by atomic mass is 9.97. The van der Waals surface area contributed by atoms with Crippen LogP contribution in [0.1, 0.15) is 24.5 Å². The number of carbonyl (C=O) groups is 1. The van der Waals surface area contributed by atoms with E-state index >= 15 is 0 Å². The van der Waals surface area contributed by atoms with E-state index < -0.39 is 30.8 Å². The van der Waals surface area contributed by atoms with Gasteiger partial charge >= 0.3 is 18.3 Å². The average Bonchev–Trinajstić information content (AvgIpc) is 2.60. The Morgan fingerprint density at radius 2 is 1.32 bits per heavy atom. The van der Waals surface area contributed by atoms with Crippen LogP contribution in [0, 0.1) is 6.04 Å². The maximum atomic E-state index is 12.9. The van der Waals surface area contributed by atoms with Crippen LogP contribution in [0.3, 0.4) is 0 Å². The van der Waals surface area contributed by atoms with Gasteiger partial charge in [-0.05, 0) is 18.1 Å². The standard InChI is InChI=1S/C19H16F6NO2/c1-13(12-18(20,21)22)26(28-17(27)19(23,24)25)16(14-8-4-2-5-9-14)15-10-6-3-7-11-15/h2-11,13H,12H2,1H3. The van der Waals surface area contributed by atoms with Crippen LogP contribution in [0.4, 0.5) is 26.3 Å². The van der Waals surface area contributed by atoms with E-state index in [2.05, 4.69) is 4.84 Å². The van der Waals surface area contributed by atoms with E-state index in [9.17, 15) is 31.1 Å². The number of alkyl halides is 6. The van der Waals surface area contributed by atoms with Crippen molar-refractivity contribution < 1.29 is 36.0 Å². The molecule has 2 aromatic rings. The van der Waals surface area contributed by atoms with Crippen LogP contribution in [0.2, 0.25) is 0 Å². The number of hydroxylamine groups is 2. The van der Waals surface area contributed by atoms with E-state index in [0.29, 0.717) is 5.06 Å². The van der Waals surface area contributed by atoms with Gasteiger partial charge in [-0.3, -0.25) is 0 Å². The number of halogens is 6. The highest BCUT2D eigenvalue weighted by Gasteiger charge is 2.46. The molecule has 0 spiro atoms. The topological polar surface area (TPSA) is 29.5 Å². The summed E-state index contributed by atoms with van der Waals surface area (Å²) < 4.78 is 77.0. The molecule has 1 atom stereocenters. The third-order valence-electron chi connectivity index (χ3n) is 3.65. The maximum Gasteiger partial charge on any atom is 0.492 e. The molecule has 0 bridgehead atoms. The maximum absolute atomic E-state index is 12.9. The highest BCUT2D eigenvalue weighted by Crippen LogP contribution is 2.34. The number of hydrogen-bond donors (Lipinski definition) is 0. The van der Waals surface area contributed by atoms with Gasteiger partial charge in [-0.25, -0.2) is 4.79 Å². The molecule has 1 radical (unpaired) electrons. The third-order valence-corrected chi connectivity index (χ3v) is 3.65. The van der Waals surface area contributed by atoms with Gasteiger partial charge in [-0.2, -0.15) is 26.3 Å². The van der Waals surface area contributed by atoms with Crippen molar-refractivity contribution in [3.8, 4) is 0 Å². The molecule has 1 unspecified atom stereocenters. The second-order valence-electron chi connectivity index (χ2n) is 5.95. The third kappa shape index (κ3) is 5.98. The lowest BCUT2D eigenvalue weighted by Crippen LogP contribution is -2.44. The van der Waals surface area contributed by atoms with Crippen LogP contribution in [0.25, 0.3) is 0 Å². The van der Waals surface area contributed by atoms with Crippen molar-refractivity contribution >= 4 is 5.97 Å². The van der Waals surface area contributed by atoms with Crippen LogP contribution in [-0.4, -0.2) is 29.4 Å². The first-order valence-corrected chi connectivity index (χ1v) is 8.12. The van der Waals surface area contributed by atoms with Crippen LogP contribution in [-0.2, 0) is 9.63 Å². The van der Waals surface area contributed by atoms with E-state index in [1.54, 1.807) is 36.4 Å². The molecule has 151 valence electrons. The Bertz CT molecular complexity index is 722. The minimum absolute atomic E-state index is 0.0875. The molecule has 0 fully saturated rings. The Morgan fingerprint density at radius 3 is 1.68 bits per heavy atom. The summed E-state index contributed by atoms with van der Waals surface area (Å²) in [6.45, 7) is 1.03. The molecule has 0 aliphatic heterocycles. The summed E-state index contributed by atoms with van der Waals surface area (Å²) in [5, 5.41) is 0.383. The Hall–Kier alpha value is -2.55. The molecule has 0 aromatic heterocycles. The zero-order valence-electron chi connectivity index (χ0n) is 14.6. The summed E-state index contributed by atoms with van der Waals surface area (Å²) in [5.41, 5.74) is 0.579. The predicted octanol–water partition coefficient (Wildman–Crippen LogP) is 5.28. The number of hydrogen-bond acceptors (Lipinski definition) is 3. The highest BCUT2D eigenvalue weighted by atomic mass is 19.4. The summed E-state index contributed by atoms with van der Waals surface area (Å²) in [6.07, 6.45) is -11.5. The Balaban J connectivity index is 2.52. The van der Waals surface area contributed by atoms with E-state index in [0.717, 1.165) is 6.92 Å². The van der Waals surface area contributed by atoms with Gasteiger partial charge in [-0.1, -0.05) is 60.7 Å².